The average molecular weight is 279 g/mol. The highest BCUT2D eigenvalue weighted by molar-refractivity contribution is 5.34. The number of halogens is 2. The summed E-state index contributed by atoms with van der Waals surface area (Å²) in [6.45, 7) is 4.61. The number of hydrogen-bond donors (Lipinski definition) is 1. The second kappa shape index (κ2) is 6.98. The third-order valence-electron chi connectivity index (χ3n) is 3.88. The molecule has 0 aliphatic heterocycles. The largest absolute Gasteiger partial charge is 0.306 e. The van der Waals surface area contributed by atoms with Crippen LogP contribution in [0.3, 0.4) is 0 Å². The molecular weight excluding hydrogens is 256 g/mol. The predicted octanol–water partition coefficient (Wildman–Crippen LogP) is 4.81. The second-order valence-corrected chi connectivity index (χ2v) is 5.53. The van der Waals surface area contributed by atoms with Crippen LogP contribution in [0.2, 0.25) is 0 Å². The summed E-state index contributed by atoms with van der Waals surface area (Å²) >= 11 is 0. The Morgan fingerprint density at radius 3 is 2.65 bits per heavy atom. The van der Waals surface area contributed by atoms with Crippen LogP contribution in [0.15, 0.2) is 23.8 Å². The molecule has 0 radical (unpaired) electrons. The van der Waals surface area contributed by atoms with Crippen molar-refractivity contribution in [2.45, 2.75) is 52.0 Å². The van der Waals surface area contributed by atoms with Gasteiger partial charge in [-0.05, 0) is 57.2 Å². The summed E-state index contributed by atoms with van der Waals surface area (Å²) in [6, 6.07) is 2.54. The van der Waals surface area contributed by atoms with Crippen LogP contribution in [0.1, 0.15) is 56.2 Å². The molecule has 1 aromatic rings. The smallest absolute Gasteiger partial charge is 0.131 e. The van der Waals surface area contributed by atoms with E-state index in [2.05, 4.69) is 18.3 Å². The first-order chi connectivity index (χ1) is 9.63. The molecule has 3 heteroatoms. The van der Waals surface area contributed by atoms with Gasteiger partial charge in [0.25, 0.3) is 0 Å². The monoisotopic (exact) mass is 279 g/mol. The van der Waals surface area contributed by atoms with Crippen LogP contribution in [0.5, 0.6) is 0 Å². The van der Waals surface area contributed by atoms with Gasteiger partial charge in [0.2, 0.25) is 0 Å². The van der Waals surface area contributed by atoms with Gasteiger partial charge in [0.1, 0.15) is 11.6 Å². The SMILES string of the molecule is CCCNC(C1=CCCCC1)c1cc(C)c(F)cc1F. The minimum absolute atomic E-state index is 0.116. The van der Waals surface area contributed by atoms with Crippen LogP contribution < -0.4 is 5.32 Å². The van der Waals surface area contributed by atoms with Crippen LogP contribution in [0.4, 0.5) is 8.78 Å². The van der Waals surface area contributed by atoms with E-state index in [1.165, 1.54) is 12.0 Å². The van der Waals surface area contributed by atoms with Crippen molar-refractivity contribution in [1.82, 2.24) is 5.32 Å². The van der Waals surface area contributed by atoms with E-state index >= 15 is 0 Å². The Bertz CT molecular complexity index is 494. The average Bonchev–Trinajstić information content (AvgIpc) is 2.45. The minimum atomic E-state index is -0.474. The molecule has 0 heterocycles. The Labute approximate surface area is 120 Å². The Balaban J connectivity index is 2.35. The first-order valence-corrected chi connectivity index (χ1v) is 7.51. The van der Waals surface area contributed by atoms with Gasteiger partial charge in [-0.3, -0.25) is 0 Å². The molecule has 0 saturated carbocycles. The molecule has 1 aromatic carbocycles. The van der Waals surface area contributed by atoms with Crippen LogP contribution in [-0.2, 0) is 0 Å². The fourth-order valence-corrected chi connectivity index (χ4v) is 2.76. The molecular formula is C17H23F2N. The lowest BCUT2D eigenvalue weighted by Gasteiger charge is -2.25. The molecule has 0 saturated heterocycles. The quantitative estimate of drug-likeness (QED) is 0.762. The van der Waals surface area contributed by atoms with E-state index in [0.29, 0.717) is 11.1 Å². The summed E-state index contributed by atoms with van der Waals surface area (Å²) in [5.41, 5.74) is 2.32. The molecule has 0 aromatic heterocycles. The molecule has 110 valence electrons. The lowest BCUT2D eigenvalue weighted by molar-refractivity contribution is 0.507. The highest BCUT2D eigenvalue weighted by Gasteiger charge is 2.21. The standard InChI is InChI=1S/C17H23F2N/c1-3-9-20-17(13-7-5-4-6-8-13)14-10-12(2)15(18)11-16(14)19/h7,10-11,17,20H,3-6,8-9H2,1-2H3. The van der Waals surface area contributed by atoms with E-state index in [1.807, 2.05) is 0 Å². The summed E-state index contributed by atoms with van der Waals surface area (Å²) in [7, 11) is 0. The van der Waals surface area contributed by atoms with Crippen LogP contribution in [-0.4, -0.2) is 6.54 Å². The maximum absolute atomic E-state index is 14.2. The van der Waals surface area contributed by atoms with Crippen molar-refractivity contribution < 1.29 is 8.78 Å². The van der Waals surface area contributed by atoms with Crippen LogP contribution in [0.25, 0.3) is 0 Å². The highest BCUT2D eigenvalue weighted by atomic mass is 19.1. The van der Waals surface area contributed by atoms with Gasteiger partial charge < -0.3 is 5.32 Å². The molecule has 1 aliphatic rings. The fourth-order valence-electron chi connectivity index (χ4n) is 2.76. The number of nitrogens with one attached hydrogen (secondary N) is 1. The van der Waals surface area contributed by atoms with Gasteiger partial charge in [0.15, 0.2) is 0 Å². The maximum atomic E-state index is 14.2. The maximum Gasteiger partial charge on any atom is 0.131 e. The third kappa shape index (κ3) is 3.45. The van der Waals surface area contributed by atoms with Crippen molar-refractivity contribution in [2.75, 3.05) is 6.54 Å². The molecule has 2 rings (SSSR count). The number of benzene rings is 1. The van der Waals surface area contributed by atoms with E-state index in [-0.39, 0.29) is 6.04 Å². The van der Waals surface area contributed by atoms with Crippen molar-refractivity contribution >= 4 is 0 Å². The summed E-state index contributed by atoms with van der Waals surface area (Å²) in [4.78, 5) is 0. The Morgan fingerprint density at radius 2 is 2.00 bits per heavy atom. The zero-order chi connectivity index (χ0) is 14.5. The van der Waals surface area contributed by atoms with Crippen LogP contribution >= 0.6 is 0 Å². The van der Waals surface area contributed by atoms with Gasteiger partial charge in [0.05, 0.1) is 6.04 Å². The highest BCUT2D eigenvalue weighted by Crippen LogP contribution is 2.32. The van der Waals surface area contributed by atoms with E-state index in [0.717, 1.165) is 38.3 Å². The summed E-state index contributed by atoms with van der Waals surface area (Å²) < 4.78 is 27.6. The Morgan fingerprint density at radius 1 is 1.20 bits per heavy atom. The van der Waals surface area contributed by atoms with Crippen molar-refractivity contribution in [1.29, 1.82) is 0 Å². The van der Waals surface area contributed by atoms with E-state index in [4.69, 9.17) is 0 Å². The van der Waals surface area contributed by atoms with Gasteiger partial charge >= 0.3 is 0 Å². The normalized spacial score (nSPS) is 16.9. The van der Waals surface area contributed by atoms with Crippen molar-refractivity contribution in [3.63, 3.8) is 0 Å². The summed E-state index contributed by atoms with van der Waals surface area (Å²) in [5, 5.41) is 3.41. The predicted molar refractivity (Wildman–Crippen MR) is 78.7 cm³/mol. The van der Waals surface area contributed by atoms with Gasteiger partial charge in [-0.1, -0.05) is 18.6 Å². The molecule has 0 spiro atoms. The zero-order valence-electron chi connectivity index (χ0n) is 12.3. The first-order valence-electron chi connectivity index (χ1n) is 7.51. The number of aryl methyl sites for hydroxylation is 1. The topological polar surface area (TPSA) is 12.0 Å². The first kappa shape index (κ1) is 15.2. The van der Waals surface area contributed by atoms with E-state index < -0.39 is 11.6 Å². The molecule has 1 aliphatic carbocycles. The van der Waals surface area contributed by atoms with Gasteiger partial charge in [-0.2, -0.15) is 0 Å². The summed E-state index contributed by atoms with van der Waals surface area (Å²) in [6.07, 6.45) is 7.62. The molecule has 1 unspecified atom stereocenters. The Hall–Kier alpha value is -1.22. The molecule has 0 bridgehead atoms. The molecule has 1 N–H and O–H groups in total. The number of rotatable bonds is 5. The number of allylic oxidation sites excluding steroid dienone is 1. The van der Waals surface area contributed by atoms with Gasteiger partial charge in [-0.15, -0.1) is 0 Å². The summed E-state index contributed by atoms with van der Waals surface area (Å²) in [5.74, 6) is -0.925. The van der Waals surface area contributed by atoms with Gasteiger partial charge in [0, 0.05) is 11.6 Å². The molecule has 0 amide bonds. The lowest BCUT2D eigenvalue weighted by atomic mass is 9.89. The van der Waals surface area contributed by atoms with Gasteiger partial charge in [-0.25, -0.2) is 8.78 Å². The van der Waals surface area contributed by atoms with E-state index in [1.54, 1.807) is 13.0 Å². The van der Waals surface area contributed by atoms with Crippen molar-refractivity contribution in [3.05, 3.63) is 46.5 Å². The van der Waals surface area contributed by atoms with E-state index in [9.17, 15) is 8.78 Å². The second-order valence-electron chi connectivity index (χ2n) is 5.53. The Kier molecular flexibility index (Phi) is 5.30. The molecule has 1 atom stereocenters. The van der Waals surface area contributed by atoms with Crippen molar-refractivity contribution in [2.24, 2.45) is 0 Å². The zero-order valence-corrected chi connectivity index (χ0v) is 12.3. The van der Waals surface area contributed by atoms with Crippen molar-refractivity contribution in [3.8, 4) is 0 Å². The fraction of sp³-hybridized carbons (Fsp3) is 0.529. The lowest BCUT2D eigenvalue weighted by Crippen LogP contribution is -2.26. The molecule has 20 heavy (non-hydrogen) atoms. The molecule has 1 nitrogen and oxygen atoms in total. The molecule has 0 fully saturated rings. The minimum Gasteiger partial charge on any atom is -0.306 e. The van der Waals surface area contributed by atoms with Crippen LogP contribution in [0, 0.1) is 18.6 Å². The number of hydrogen-bond acceptors (Lipinski definition) is 1. The third-order valence-corrected chi connectivity index (χ3v) is 3.88.